The van der Waals surface area contributed by atoms with E-state index in [1.807, 2.05) is 0 Å². The van der Waals surface area contributed by atoms with Gasteiger partial charge in [-0.1, -0.05) is 60.7 Å². The molecular weight excluding hydrogens is 421 g/mol. The SMILES string of the molecule is CN1c2ccccc2P2c3ccccc3N(C)c3cc(-c4ccc5ccccc5n4)cc1c32. The molecule has 33 heavy (non-hydrogen) atoms. The molecule has 158 valence electrons. The number of pyridine rings is 1. The van der Waals surface area contributed by atoms with Crippen molar-refractivity contribution in [3.8, 4) is 11.3 Å². The maximum atomic E-state index is 5.01. The Kier molecular flexibility index (Phi) is 3.95. The Balaban J connectivity index is 1.52. The Hall–Kier alpha value is -3.68. The average molecular weight is 443 g/mol. The molecule has 2 aliphatic heterocycles. The number of para-hydroxylation sites is 3. The van der Waals surface area contributed by atoms with E-state index < -0.39 is 7.92 Å². The molecule has 4 aromatic carbocycles. The molecule has 3 heterocycles. The summed E-state index contributed by atoms with van der Waals surface area (Å²) in [4.78, 5) is 9.73. The summed E-state index contributed by atoms with van der Waals surface area (Å²) in [5, 5.41) is 5.47. The predicted octanol–water partition coefficient (Wildman–Crippen LogP) is 5.82. The van der Waals surface area contributed by atoms with E-state index in [2.05, 4.69) is 121 Å². The molecule has 0 amide bonds. The molecule has 3 nitrogen and oxygen atoms in total. The molecule has 0 bridgehead atoms. The lowest BCUT2D eigenvalue weighted by Crippen LogP contribution is -2.41. The van der Waals surface area contributed by atoms with Crippen molar-refractivity contribution in [3.05, 3.63) is 97.1 Å². The third-order valence-corrected chi connectivity index (χ3v) is 9.50. The first-order chi connectivity index (χ1) is 16.2. The van der Waals surface area contributed by atoms with Gasteiger partial charge < -0.3 is 9.80 Å². The summed E-state index contributed by atoms with van der Waals surface area (Å²) in [5.74, 6) is 0. The van der Waals surface area contributed by atoms with Gasteiger partial charge in [0.05, 0.1) is 22.6 Å². The second-order valence-electron chi connectivity index (χ2n) is 8.68. The molecule has 0 N–H and O–H groups in total. The summed E-state index contributed by atoms with van der Waals surface area (Å²) in [7, 11) is 3.77. The number of fused-ring (bicyclic) bond motifs is 5. The number of rotatable bonds is 1. The first kappa shape index (κ1) is 18.8. The second kappa shape index (κ2) is 6.91. The van der Waals surface area contributed by atoms with Crippen LogP contribution in [0.2, 0.25) is 0 Å². The van der Waals surface area contributed by atoms with Crippen molar-refractivity contribution in [2.45, 2.75) is 0 Å². The van der Waals surface area contributed by atoms with Crippen LogP contribution in [0.25, 0.3) is 22.2 Å². The van der Waals surface area contributed by atoms with Crippen LogP contribution in [0.1, 0.15) is 0 Å². The van der Waals surface area contributed by atoms with Crippen LogP contribution in [0.4, 0.5) is 22.7 Å². The average Bonchev–Trinajstić information content (AvgIpc) is 2.88. The Bertz CT molecular complexity index is 1500. The van der Waals surface area contributed by atoms with Gasteiger partial charge in [0.25, 0.3) is 0 Å². The van der Waals surface area contributed by atoms with Crippen molar-refractivity contribution in [2.75, 3.05) is 23.9 Å². The minimum absolute atomic E-state index is 0.618. The first-order valence-electron chi connectivity index (χ1n) is 11.2. The number of aromatic nitrogens is 1. The molecule has 1 aromatic heterocycles. The monoisotopic (exact) mass is 443 g/mol. The van der Waals surface area contributed by atoms with Crippen LogP contribution in [0.15, 0.2) is 97.1 Å². The van der Waals surface area contributed by atoms with E-state index in [9.17, 15) is 0 Å². The summed E-state index contributed by atoms with van der Waals surface area (Å²) in [6.07, 6.45) is 0. The van der Waals surface area contributed by atoms with Crippen LogP contribution in [-0.2, 0) is 0 Å². The fourth-order valence-corrected chi connectivity index (χ4v) is 8.23. The standard InChI is InChI=1S/C29H22N3P/c1-31-23-11-5-7-13-27(23)33-28-14-8-6-12-24(28)32(2)26-18-20(17-25(31)29(26)33)22-16-15-19-9-3-4-10-21(19)30-22/h3-18H,1-2H3. The maximum Gasteiger partial charge on any atom is 0.0711 e. The van der Waals surface area contributed by atoms with Gasteiger partial charge in [0.2, 0.25) is 0 Å². The number of benzene rings is 4. The van der Waals surface area contributed by atoms with Gasteiger partial charge >= 0.3 is 0 Å². The third-order valence-electron chi connectivity index (χ3n) is 6.88. The smallest absolute Gasteiger partial charge is 0.0711 e. The van der Waals surface area contributed by atoms with E-state index in [0.717, 1.165) is 16.8 Å². The fraction of sp³-hybridized carbons (Fsp3) is 0.0690. The van der Waals surface area contributed by atoms with Crippen LogP contribution in [0.5, 0.6) is 0 Å². The maximum absolute atomic E-state index is 5.01. The van der Waals surface area contributed by atoms with Crippen LogP contribution >= 0.6 is 7.92 Å². The summed E-state index contributed by atoms with van der Waals surface area (Å²) in [6, 6.07) is 35.1. The molecule has 0 aliphatic carbocycles. The van der Waals surface area contributed by atoms with E-state index in [1.165, 1.54) is 44.0 Å². The highest BCUT2D eigenvalue weighted by Crippen LogP contribution is 2.53. The lowest BCUT2D eigenvalue weighted by molar-refractivity contribution is 1.19. The van der Waals surface area contributed by atoms with Crippen molar-refractivity contribution < 1.29 is 0 Å². The van der Waals surface area contributed by atoms with Crippen LogP contribution < -0.4 is 25.7 Å². The molecule has 5 aromatic rings. The van der Waals surface area contributed by atoms with E-state index in [-0.39, 0.29) is 0 Å². The van der Waals surface area contributed by atoms with Crippen molar-refractivity contribution in [1.29, 1.82) is 0 Å². The highest BCUT2D eigenvalue weighted by Gasteiger charge is 2.38. The van der Waals surface area contributed by atoms with Gasteiger partial charge in [0.15, 0.2) is 0 Å². The molecule has 2 aliphatic rings. The van der Waals surface area contributed by atoms with E-state index in [4.69, 9.17) is 4.98 Å². The zero-order chi connectivity index (χ0) is 22.1. The summed E-state index contributed by atoms with van der Waals surface area (Å²) < 4.78 is 0. The molecular formula is C29H22N3P. The normalized spacial score (nSPS) is 14.1. The molecule has 0 saturated heterocycles. The Morgan fingerprint density at radius 1 is 0.606 bits per heavy atom. The number of hydrogen-bond donors (Lipinski definition) is 0. The zero-order valence-electron chi connectivity index (χ0n) is 18.5. The van der Waals surface area contributed by atoms with Gasteiger partial charge in [-0.2, -0.15) is 0 Å². The second-order valence-corrected chi connectivity index (χ2v) is 10.8. The van der Waals surface area contributed by atoms with Crippen LogP contribution in [0.3, 0.4) is 0 Å². The zero-order valence-corrected chi connectivity index (χ0v) is 19.4. The minimum atomic E-state index is -0.618. The third kappa shape index (κ3) is 2.63. The van der Waals surface area contributed by atoms with Crippen molar-refractivity contribution >= 4 is 57.5 Å². The highest BCUT2D eigenvalue weighted by atomic mass is 31.1. The van der Waals surface area contributed by atoms with Crippen molar-refractivity contribution in [2.24, 2.45) is 0 Å². The molecule has 7 rings (SSSR count). The topological polar surface area (TPSA) is 19.4 Å². The quantitative estimate of drug-likeness (QED) is 0.304. The number of anilines is 4. The van der Waals surface area contributed by atoms with Gasteiger partial charge in [-0.3, -0.25) is 0 Å². The van der Waals surface area contributed by atoms with Gasteiger partial charge in [-0.25, -0.2) is 4.98 Å². The summed E-state index contributed by atoms with van der Waals surface area (Å²) in [6.45, 7) is 0. The largest absolute Gasteiger partial charge is 0.343 e. The molecule has 0 atom stereocenters. The lowest BCUT2D eigenvalue weighted by Gasteiger charge is -2.43. The molecule has 4 heteroatoms. The van der Waals surface area contributed by atoms with Crippen molar-refractivity contribution in [1.82, 2.24) is 4.98 Å². The van der Waals surface area contributed by atoms with Crippen LogP contribution in [0, 0.1) is 0 Å². The predicted molar refractivity (Wildman–Crippen MR) is 142 cm³/mol. The summed E-state index contributed by atoms with van der Waals surface area (Å²) >= 11 is 0. The Morgan fingerprint density at radius 2 is 1.18 bits per heavy atom. The molecule has 0 unspecified atom stereocenters. The molecule has 0 spiro atoms. The van der Waals surface area contributed by atoms with Gasteiger partial charge in [-0.05, 0) is 44.3 Å². The van der Waals surface area contributed by atoms with E-state index in [1.54, 1.807) is 0 Å². The molecule has 0 radical (unpaired) electrons. The Morgan fingerprint density at radius 3 is 1.85 bits per heavy atom. The van der Waals surface area contributed by atoms with E-state index >= 15 is 0 Å². The number of nitrogens with zero attached hydrogens (tertiary/aromatic N) is 3. The van der Waals surface area contributed by atoms with Crippen molar-refractivity contribution in [3.63, 3.8) is 0 Å². The van der Waals surface area contributed by atoms with Crippen LogP contribution in [-0.4, -0.2) is 19.1 Å². The summed E-state index contributed by atoms with van der Waals surface area (Å²) in [5.41, 5.74) is 8.35. The Labute approximate surface area is 194 Å². The first-order valence-corrected chi connectivity index (χ1v) is 12.5. The van der Waals surface area contributed by atoms with Gasteiger partial charge in [0.1, 0.15) is 0 Å². The minimum Gasteiger partial charge on any atom is -0.343 e. The lowest BCUT2D eigenvalue weighted by atomic mass is 10.1. The van der Waals surface area contributed by atoms with E-state index in [0.29, 0.717) is 0 Å². The molecule has 0 fully saturated rings. The highest BCUT2D eigenvalue weighted by molar-refractivity contribution is 7.81. The van der Waals surface area contributed by atoms with Gasteiger partial charge in [0, 0.05) is 52.3 Å². The fourth-order valence-electron chi connectivity index (χ4n) is 5.22. The molecule has 0 saturated carbocycles. The van der Waals surface area contributed by atoms with Gasteiger partial charge in [-0.15, -0.1) is 0 Å². The number of hydrogen-bond acceptors (Lipinski definition) is 3.